The number of carbonyl (C=O) groups is 2. The lowest BCUT2D eigenvalue weighted by molar-refractivity contribution is -0.146. The average Bonchev–Trinajstić information content (AvgIpc) is 2.96. The molecule has 0 spiro atoms. The molecule has 2 aromatic rings. The molecule has 5 nitrogen and oxygen atoms in total. The standard InChI is InChI=1S/C17H20N2O3S/c1-5-16(21)22-8-15(20)19-17-18-14(9-23-17)13-7-11(3)10(2)6-12(13)4/h6-7,9H,5,8H2,1-4H3,(H,18,19,20). The summed E-state index contributed by atoms with van der Waals surface area (Å²) in [4.78, 5) is 27.2. The Labute approximate surface area is 139 Å². The van der Waals surface area contributed by atoms with Gasteiger partial charge in [-0.05, 0) is 43.5 Å². The first-order valence-electron chi connectivity index (χ1n) is 7.40. The van der Waals surface area contributed by atoms with Crippen molar-refractivity contribution in [3.05, 3.63) is 34.2 Å². The minimum Gasteiger partial charge on any atom is -0.456 e. The van der Waals surface area contributed by atoms with Crippen molar-refractivity contribution in [2.75, 3.05) is 11.9 Å². The molecule has 1 amide bonds. The molecule has 122 valence electrons. The number of amides is 1. The van der Waals surface area contributed by atoms with Crippen LogP contribution in [0.15, 0.2) is 17.5 Å². The highest BCUT2D eigenvalue weighted by atomic mass is 32.1. The second kappa shape index (κ2) is 7.37. The molecule has 0 bridgehead atoms. The van der Waals surface area contributed by atoms with E-state index in [-0.39, 0.29) is 18.9 Å². The first-order valence-corrected chi connectivity index (χ1v) is 8.28. The number of thiazole rings is 1. The molecule has 0 aliphatic carbocycles. The lowest BCUT2D eigenvalue weighted by atomic mass is 9.99. The zero-order valence-electron chi connectivity index (χ0n) is 13.7. The zero-order valence-corrected chi connectivity index (χ0v) is 14.5. The Balaban J connectivity index is 2.08. The van der Waals surface area contributed by atoms with Gasteiger partial charge in [-0.3, -0.25) is 14.9 Å². The molecule has 1 heterocycles. The summed E-state index contributed by atoms with van der Waals surface area (Å²) in [5.41, 5.74) is 5.48. The number of ether oxygens (including phenoxy) is 1. The molecule has 1 N–H and O–H groups in total. The number of benzene rings is 1. The Bertz CT molecular complexity index is 737. The molecule has 0 radical (unpaired) electrons. The topological polar surface area (TPSA) is 68.3 Å². The third kappa shape index (κ3) is 4.39. The lowest BCUT2D eigenvalue weighted by Gasteiger charge is -2.07. The van der Waals surface area contributed by atoms with Gasteiger partial charge in [-0.15, -0.1) is 11.3 Å². The van der Waals surface area contributed by atoms with E-state index in [9.17, 15) is 9.59 Å². The molecule has 0 atom stereocenters. The smallest absolute Gasteiger partial charge is 0.306 e. The minimum absolute atomic E-state index is 0.251. The van der Waals surface area contributed by atoms with Gasteiger partial charge in [0.05, 0.1) is 5.69 Å². The molecule has 1 aromatic heterocycles. The Morgan fingerprint density at radius 2 is 1.87 bits per heavy atom. The van der Waals surface area contributed by atoms with Gasteiger partial charge in [-0.2, -0.15) is 0 Å². The number of rotatable bonds is 5. The third-order valence-corrected chi connectivity index (χ3v) is 4.28. The molecule has 1 aromatic carbocycles. The summed E-state index contributed by atoms with van der Waals surface area (Å²) in [5.74, 6) is -0.782. The largest absolute Gasteiger partial charge is 0.456 e. The fourth-order valence-corrected chi connectivity index (χ4v) is 2.82. The number of nitrogens with one attached hydrogen (secondary N) is 1. The number of nitrogens with zero attached hydrogens (tertiary/aromatic N) is 1. The molecule has 0 aliphatic rings. The monoisotopic (exact) mass is 332 g/mol. The number of aryl methyl sites for hydroxylation is 3. The average molecular weight is 332 g/mol. The normalized spacial score (nSPS) is 10.4. The van der Waals surface area contributed by atoms with Crippen molar-refractivity contribution in [2.45, 2.75) is 34.1 Å². The summed E-state index contributed by atoms with van der Waals surface area (Å²) in [7, 11) is 0. The highest BCUT2D eigenvalue weighted by Crippen LogP contribution is 2.29. The number of carbonyl (C=O) groups excluding carboxylic acids is 2. The van der Waals surface area contributed by atoms with Gasteiger partial charge in [0.2, 0.25) is 0 Å². The maximum absolute atomic E-state index is 11.7. The van der Waals surface area contributed by atoms with Crippen LogP contribution in [-0.4, -0.2) is 23.5 Å². The molecule has 0 aliphatic heterocycles. The molecule has 0 unspecified atom stereocenters. The molecule has 0 saturated heterocycles. The molecular formula is C17H20N2O3S. The molecule has 0 saturated carbocycles. The Hall–Kier alpha value is -2.21. The van der Waals surface area contributed by atoms with E-state index in [0.29, 0.717) is 5.13 Å². The Morgan fingerprint density at radius 3 is 2.57 bits per heavy atom. The SMILES string of the molecule is CCC(=O)OCC(=O)Nc1nc(-c2cc(C)c(C)cc2C)cs1. The van der Waals surface area contributed by atoms with Crippen LogP contribution in [-0.2, 0) is 14.3 Å². The van der Waals surface area contributed by atoms with E-state index in [1.165, 1.54) is 22.5 Å². The predicted octanol–water partition coefficient (Wildman–Crippen LogP) is 3.63. The summed E-state index contributed by atoms with van der Waals surface area (Å²) in [6.45, 7) is 7.58. The van der Waals surface area contributed by atoms with E-state index in [2.05, 4.69) is 36.3 Å². The van der Waals surface area contributed by atoms with E-state index in [1.54, 1.807) is 6.92 Å². The van der Waals surface area contributed by atoms with Crippen molar-refractivity contribution in [1.82, 2.24) is 4.98 Å². The van der Waals surface area contributed by atoms with E-state index in [4.69, 9.17) is 4.74 Å². The van der Waals surface area contributed by atoms with Gasteiger partial charge in [-0.25, -0.2) is 4.98 Å². The van der Waals surface area contributed by atoms with E-state index >= 15 is 0 Å². The Morgan fingerprint density at radius 1 is 1.17 bits per heavy atom. The minimum atomic E-state index is -0.397. The maximum atomic E-state index is 11.7. The van der Waals surface area contributed by atoms with E-state index < -0.39 is 5.97 Å². The van der Waals surface area contributed by atoms with Gasteiger partial charge in [0.15, 0.2) is 11.7 Å². The van der Waals surface area contributed by atoms with Crippen LogP contribution in [0.2, 0.25) is 0 Å². The van der Waals surface area contributed by atoms with Gasteiger partial charge in [0.1, 0.15) is 0 Å². The maximum Gasteiger partial charge on any atom is 0.306 e. The van der Waals surface area contributed by atoms with Crippen LogP contribution in [0, 0.1) is 20.8 Å². The van der Waals surface area contributed by atoms with Crippen LogP contribution in [0.4, 0.5) is 5.13 Å². The van der Waals surface area contributed by atoms with Crippen molar-refractivity contribution in [2.24, 2.45) is 0 Å². The van der Waals surface area contributed by atoms with Gasteiger partial charge in [0.25, 0.3) is 5.91 Å². The first-order chi connectivity index (χ1) is 10.9. The van der Waals surface area contributed by atoms with Crippen LogP contribution in [0.3, 0.4) is 0 Å². The molecular weight excluding hydrogens is 312 g/mol. The first kappa shape index (κ1) is 17.1. The van der Waals surface area contributed by atoms with Crippen LogP contribution < -0.4 is 5.32 Å². The number of aromatic nitrogens is 1. The summed E-state index contributed by atoms with van der Waals surface area (Å²) in [6.07, 6.45) is 0.251. The molecule has 2 rings (SSSR count). The molecule has 6 heteroatoms. The summed E-state index contributed by atoms with van der Waals surface area (Å²) >= 11 is 1.35. The van der Waals surface area contributed by atoms with E-state index in [0.717, 1.165) is 16.8 Å². The van der Waals surface area contributed by atoms with Crippen LogP contribution >= 0.6 is 11.3 Å². The van der Waals surface area contributed by atoms with E-state index in [1.807, 2.05) is 12.3 Å². The third-order valence-electron chi connectivity index (χ3n) is 3.52. The summed E-state index contributed by atoms with van der Waals surface area (Å²) in [5, 5.41) is 5.05. The van der Waals surface area contributed by atoms with Gasteiger partial charge >= 0.3 is 5.97 Å². The van der Waals surface area contributed by atoms with Gasteiger partial charge in [-0.1, -0.05) is 13.0 Å². The molecule has 0 fully saturated rings. The second-order valence-electron chi connectivity index (χ2n) is 5.35. The Kier molecular flexibility index (Phi) is 5.50. The number of esters is 1. The van der Waals surface area contributed by atoms with Crippen LogP contribution in [0.5, 0.6) is 0 Å². The summed E-state index contributed by atoms with van der Waals surface area (Å²) < 4.78 is 4.79. The quantitative estimate of drug-likeness (QED) is 0.849. The van der Waals surface area contributed by atoms with Gasteiger partial charge in [0, 0.05) is 17.4 Å². The summed E-state index contributed by atoms with van der Waals surface area (Å²) in [6, 6.07) is 4.24. The predicted molar refractivity (Wildman–Crippen MR) is 91.6 cm³/mol. The fraction of sp³-hybridized carbons (Fsp3) is 0.353. The van der Waals surface area contributed by atoms with Crippen LogP contribution in [0.25, 0.3) is 11.3 Å². The zero-order chi connectivity index (χ0) is 17.0. The van der Waals surface area contributed by atoms with Crippen molar-refractivity contribution < 1.29 is 14.3 Å². The lowest BCUT2D eigenvalue weighted by Crippen LogP contribution is -2.20. The fourth-order valence-electron chi connectivity index (χ4n) is 2.09. The second-order valence-corrected chi connectivity index (χ2v) is 6.21. The van der Waals surface area contributed by atoms with Crippen LogP contribution in [0.1, 0.15) is 30.0 Å². The number of hydrogen-bond acceptors (Lipinski definition) is 5. The van der Waals surface area contributed by atoms with Gasteiger partial charge < -0.3 is 4.74 Å². The number of hydrogen-bond donors (Lipinski definition) is 1. The van der Waals surface area contributed by atoms with Crippen molar-refractivity contribution in [3.63, 3.8) is 0 Å². The highest BCUT2D eigenvalue weighted by molar-refractivity contribution is 7.14. The molecule has 23 heavy (non-hydrogen) atoms. The van der Waals surface area contributed by atoms with Crippen molar-refractivity contribution >= 4 is 28.3 Å². The van der Waals surface area contributed by atoms with Crippen molar-refractivity contribution in [1.29, 1.82) is 0 Å². The number of anilines is 1. The highest BCUT2D eigenvalue weighted by Gasteiger charge is 2.12. The van der Waals surface area contributed by atoms with Crippen molar-refractivity contribution in [3.8, 4) is 11.3 Å².